The van der Waals surface area contributed by atoms with Gasteiger partial charge < -0.3 is 5.73 Å². The Labute approximate surface area is 151 Å². The lowest BCUT2D eigenvalue weighted by Gasteiger charge is -2.05. The van der Waals surface area contributed by atoms with Crippen LogP contribution >= 0.6 is 0 Å². The van der Waals surface area contributed by atoms with Gasteiger partial charge >= 0.3 is 0 Å². The van der Waals surface area contributed by atoms with Gasteiger partial charge in [-0.25, -0.2) is 4.98 Å². The third-order valence-electron chi connectivity index (χ3n) is 4.16. The molecule has 4 aromatic rings. The number of hydrogen-bond donors (Lipinski definition) is 1. The molecule has 0 saturated heterocycles. The summed E-state index contributed by atoms with van der Waals surface area (Å²) in [6.07, 6.45) is 0. The topological polar surface area (TPSA) is 80.9 Å². The molecule has 6 nitrogen and oxygen atoms in total. The minimum absolute atomic E-state index is 0.422. The molecular weight excluding hydrogens is 324 g/mol. The summed E-state index contributed by atoms with van der Waals surface area (Å²) < 4.78 is 1.61. The first-order chi connectivity index (χ1) is 12.6. The first-order valence-corrected chi connectivity index (χ1v) is 8.31. The van der Waals surface area contributed by atoms with Crippen molar-refractivity contribution in [1.82, 2.24) is 14.6 Å². The van der Waals surface area contributed by atoms with E-state index in [4.69, 9.17) is 5.73 Å². The van der Waals surface area contributed by atoms with Crippen LogP contribution in [0, 0.1) is 13.8 Å². The van der Waals surface area contributed by atoms with Crippen molar-refractivity contribution in [2.24, 2.45) is 10.2 Å². The second kappa shape index (κ2) is 6.40. The number of azo groups is 1. The van der Waals surface area contributed by atoms with E-state index in [1.807, 2.05) is 55.5 Å². The van der Waals surface area contributed by atoms with Crippen molar-refractivity contribution >= 4 is 22.8 Å². The predicted octanol–water partition coefficient (Wildman–Crippen LogP) is 5.01. The molecule has 6 heteroatoms. The van der Waals surface area contributed by atoms with Crippen molar-refractivity contribution in [2.45, 2.75) is 13.8 Å². The Kier molecular flexibility index (Phi) is 3.93. The molecule has 0 aliphatic heterocycles. The summed E-state index contributed by atoms with van der Waals surface area (Å²) in [5.74, 6) is 0.422. The van der Waals surface area contributed by atoms with Gasteiger partial charge in [0.15, 0.2) is 11.5 Å². The van der Waals surface area contributed by atoms with Gasteiger partial charge in [0.2, 0.25) is 0 Å². The van der Waals surface area contributed by atoms with Gasteiger partial charge in [-0.1, -0.05) is 48.0 Å². The summed E-state index contributed by atoms with van der Waals surface area (Å²) in [5, 5.41) is 13.1. The van der Waals surface area contributed by atoms with Crippen LogP contribution in [-0.4, -0.2) is 14.6 Å². The summed E-state index contributed by atoms with van der Waals surface area (Å²) in [6.45, 7) is 3.93. The van der Waals surface area contributed by atoms with Gasteiger partial charge in [0.25, 0.3) is 0 Å². The Hall–Kier alpha value is -3.54. The molecule has 2 aromatic heterocycles. The van der Waals surface area contributed by atoms with Gasteiger partial charge in [0.1, 0.15) is 5.69 Å². The molecule has 0 atom stereocenters. The van der Waals surface area contributed by atoms with E-state index in [2.05, 4.69) is 39.4 Å². The summed E-state index contributed by atoms with van der Waals surface area (Å²) in [4.78, 5) is 4.58. The van der Waals surface area contributed by atoms with Gasteiger partial charge in [-0.3, -0.25) is 0 Å². The van der Waals surface area contributed by atoms with Gasteiger partial charge in [0.05, 0.1) is 17.1 Å². The fraction of sp³-hybridized carbons (Fsp3) is 0.100. The summed E-state index contributed by atoms with van der Waals surface area (Å²) in [5.41, 5.74) is 12.0. The molecule has 0 bridgehead atoms. The highest BCUT2D eigenvalue weighted by Crippen LogP contribution is 2.30. The zero-order valence-electron chi connectivity index (χ0n) is 14.6. The number of aryl methyl sites for hydroxylation is 2. The molecule has 2 heterocycles. The Balaban J connectivity index is 1.78. The Morgan fingerprint density at radius 2 is 1.65 bits per heavy atom. The minimum Gasteiger partial charge on any atom is -0.382 e. The lowest BCUT2D eigenvalue weighted by molar-refractivity contribution is 0.940. The molecule has 0 radical (unpaired) electrons. The minimum atomic E-state index is 0.422. The average molecular weight is 342 g/mol. The summed E-state index contributed by atoms with van der Waals surface area (Å²) in [6, 6.07) is 19.6. The van der Waals surface area contributed by atoms with Crippen molar-refractivity contribution < 1.29 is 0 Å². The molecule has 0 saturated carbocycles. The molecule has 2 aromatic carbocycles. The number of benzene rings is 2. The maximum atomic E-state index is 6.31. The molecule has 2 N–H and O–H groups in total. The first-order valence-electron chi connectivity index (χ1n) is 8.31. The zero-order chi connectivity index (χ0) is 18.1. The van der Waals surface area contributed by atoms with Gasteiger partial charge in [-0.15, -0.1) is 5.11 Å². The van der Waals surface area contributed by atoms with Crippen LogP contribution in [0.4, 0.5) is 17.2 Å². The second-order valence-electron chi connectivity index (χ2n) is 6.13. The van der Waals surface area contributed by atoms with E-state index in [0.29, 0.717) is 22.8 Å². The maximum absolute atomic E-state index is 6.31. The number of rotatable bonds is 3. The second-order valence-corrected chi connectivity index (χ2v) is 6.13. The Morgan fingerprint density at radius 1 is 0.923 bits per heavy atom. The molecular formula is C20H18N6. The van der Waals surface area contributed by atoms with E-state index in [9.17, 15) is 0 Å². The highest BCUT2D eigenvalue weighted by molar-refractivity contribution is 5.70. The van der Waals surface area contributed by atoms with E-state index >= 15 is 0 Å². The lowest BCUT2D eigenvalue weighted by atomic mass is 10.1. The first kappa shape index (κ1) is 16.0. The van der Waals surface area contributed by atoms with Crippen LogP contribution in [0.3, 0.4) is 0 Å². The number of nitrogens with zero attached hydrogens (tertiary/aromatic N) is 5. The maximum Gasteiger partial charge on any atom is 0.158 e. The molecule has 4 rings (SSSR count). The highest BCUT2D eigenvalue weighted by atomic mass is 15.3. The van der Waals surface area contributed by atoms with Crippen molar-refractivity contribution in [2.75, 3.05) is 5.73 Å². The quantitative estimate of drug-likeness (QED) is 0.531. The van der Waals surface area contributed by atoms with Crippen molar-refractivity contribution in [3.05, 3.63) is 71.9 Å². The largest absolute Gasteiger partial charge is 0.382 e. The fourth-order valence-electron chi connectivity index (χ4n) is 2.73. The number of aromatic nitrogens is 3. The SMILES string of the molecule is Cc1ccc(-c2cc3nc(C)c(N=Nc4ccccc4)c(N)n3n2)cc1. The predicted molar refractivity (Wildman–Crippen MR) is 103 cm³/mol. The van der Waals surface area contributed by atoms with Crippen LogP contribution in [0.15, 0.2) is 70.9 Å². The number of anilines is 1. The third-order valence-corrected chi connectivity index (χ3v) is 4.16. The molecule has 0 fully saturated rings. The molecule has 0 amide bonds. The van der Waals surface area contributed by atoms with Crippen molar-refractivity contribution in [1.29, 1.82) is 0 Å². The van der Waals surface area contributed by atoms with E-state index in [0.717, 1.165) is 16.9 Å². The smallest absolute Gasteiger partial charge is 0.158 e. The zero-order valence-corrected chi connectivity index (χ0v) is 14.6. The van der Waals surface area contributed by atoms with Crippen LogP contribution in [0.2, 0.25) is 0 Å². The Bertz CT molecular complexity index is 1090. The van der Waals surface area contributed by atoms with Crippen molar-refractivity contribution in [3.8, 4) is 11.3 Å². The van der Waals surface area contributed by atoms with E-state index in [1.54, 1.807) is 4.52 Å². The molecule has 26 heavy (non-hydrogen) atoms. The molecule has 0 spiro atoms. The van der Waals surface area contributed by atoms with Gasteiger partial charge in [-0.05, 0) is 26.0 Å². The number of fused-ring (bicyclic) bond motifs is 1. The number of nitrogen functional groups attached to an aromatic ring is 1. The Morgan fingerprint density at radius 3 is 2.38 bits per heavy atom. The van der Waals surface area contributed by atoms with E-state index in [1.165, 1.54) is 5.56 Å². The highest BCUT2D eigenvalue weighted by Gasteiger charge is 2.13. The van der Waals surface area contributed by atoms with E-state index < -0.39 is 0 Å². The summed E-state index contributed by atoms with van der Waals surface area (Å²) in [7, 11) is 0. The van der Waals surface area contributed by atoms with Gasteiger partial charge in [-0.2, -0.15) is 14.7 Å². The lowest BCUT2D eigenvalue weighted by Crippen LogP contribution is -2.02. The average Bonchev–Trinajstić information content (AvgIpc) is 3.07. The standard InChI is InChI=1S/C20H18N6/c1-13-8-10-15(11-9-13)17-12-18-22-14(2)19(20(21)26(18)25-17)24-23-16-6-4-3-5-7-16/h3-12H,21H2,1-2H3. The van der Waals surface area contributed by atoms with E-state index in [-0.39, 0.29) is 0 Å². The summed E-state index contributed by atoms with van der Waals surface area (Å²) >= 11 is 0. The van der Waals surface area contributed by atoms with Crippen LogP contribution in [0.1, 0.15) is 11.3 Å². The normalized spacial score (nSPS) is 11.5. The molecule has 0 aliphatic carbocycles. The fourth-order valence-corrected chi connectivity index (χ4v) is 2.73. The van der Waals surface area contributed by atoms with Crippen LogP contribution in [0.5, 0.6) is 0 Å². The molecule has 0 aliphatic rings. The third kappa shape index (κ3) is 2.93. The van der Waals surface area contributed by atoms with Gasteiger partial charge in [0, 0.05) is 11.6 Å². The van der Waals surface area contributed by atoms with Crippen molar-refractivity contribution in [3.63, 3.8) is 0 Å². The number of hydrogen-bond acceptors (Lipinski definition) is 5. The van der Waals surface area contributed by atoms with Crippen LogP contribution < -0.4 is 5.73 Å². The van der Waals surface area contributed by atoms with Crippen LogP contribution in [0.25, 0.3) is 16.9 Å². The molecule has 128 valence electrons. The number of nitrogens with two attached hydrogens (primary N) is 1. The van der Waals surface area contributed by atoms with Crippen LogP contribution in [-0.2, 0) is 0 Å². The monoisotopic (exact) mass is 342 g/mol. The molecule has 0 unspecified atom stereocenters.